The summed E-state index contributed by atoms with van der Waals surface area (Å²) in [4.78, 5) is 16.3. The third-order valence-corrected chi connectivity index (χ3v) is 3.45. The maximum absolute atomic E-state index is 12.1. The van der Waals surface area contributed by atoms with Crippen LogP contribution in [-0.2, 0) is 11.2 Å². The minimum atomic E-state index is 0.0207. The van der Waals surface area contributed by atoms with Gasteiger partial charge in [-0.3, -0.25) is 4.79 Å². The molecule has 1 aliphatic carbocycles. The Morgan fingerprint density at radius 1 is 1.59 bits per heavy atom. The molecule has 1 aliphatic rings. The van der Waals surface area contributed by atoms with Gasteiger partial charge in [0.2, 0.25) is 0 Å². The number of Topliss-reactive ketones (excluding diaryl/α,β-unsaturated/α-hetero) is 1. The Bertz CT molecular complexity index is 399. The van der Waals surface area contributed by atoms with Crippen LogP contribution in [0.25, 0.3) is 0 Å². The number of nitrogens with two attached hydrogens (primary N) is 1. The summed E-state index contributed by atoms with van der Waals surface area (Å²) in [5, 5.41) is 4.14. The number of ketones is 1. The van der Waals surface area contributed by atoms with Crippen LogP contribution in [0.3, 0.4) is 0 Å². The number of rotatable bonds is 4. The summed E-state index contributed by atoms with van der Waals surface area (Å²) in [6.07, 6.45) is 4.82. The maximum atomic E-state index is 12.1. The molecule has 2 atom stereocenters. The Morgan fingerprint density at radius 2 is 2.35 bits per heavy atom. The average Bonchev–Trinajstić information content (AvgIpc) is 2.86. The lowest BCUT2D eigenvalue weighted by Gasteiger charge is -2.14. The Morgan fingerprint density at radius 3 is 2.94 bits per heavy atom. The van der Waals surface area contributed by atoms with E-state index in [0.717, 1.165) is 25.1 Å². The van der Waals surface area contributed by atoms with Crippen molar-refractivity contribution in [2.24, 2.45) is 11.7 Å². The second-order valence-electron chi connectivity index (χ2n) is 5.06. The lowest BCUT2D eigenvalue weighted by molar-refractivity contribution is -0.122. The molecular weight excluding hydrogens is 216 g/mol. The van der Waals surface area contributed by atoms with E-state index in [9.17, 15) is 4.79 Å². The van der Waals surface area contributed by atoms with Gasteiger partial charge in [-0.2, -0.15) is 5.10 Å². The van der Waals surface area contributed by atoms with E-state index in [0.29, 0.717) is 6.42 Å². The Hall–Kier alpha value is -1.23. The first-order valence-electron chi connectivity index (χ1n) is 6.26. The fraction of sp³-hybridized carbons (Fsp3) is 0.750. The summed E-state index contributed by atoms with van der Waals surface area (Å²) in [6.45, 7) is 4.06. The number of nitrogens with zero attached hydrogens (tertiary/aromatic N) is 3. The molecule has 5 heteroatoms. The first-order chi connectivity index (χ1) is 8.09. The van der Waals surface area contributed by atoms with Gasteiger partial charge in [0.25, 0.3) is 0 Å². The van der Waals surface area contributed by atoms with Crippen molar-refractivity contribution < 1.29 is 4.79 Å². The van der Waals surface area contributed by atoms with Gasteiger partial charge >= 0.3 is 0 Å². The highest BCUT2D eigenvalue weighted by Gasteiger charge is 2.30. The minimum absolute atomic E-state index is 0.0207. The molecule has 0 radical (unpaired) electrons. The molecule has 1 aromatic heterocycles. The van der Waals surface area contributed by atoms with Crippen molar-refractivity contribution in [1.82, 2.24) is 14.8 Å². The number of hydrogen-bond donors (Lipinski definition) is 1. The Labute approximate surface area is 101 Å². The quantitative estimate of drug-likeness (QED) is 0.849. The number of carbonyl (C=O) groups is 1. The largest absolute Gasteiger partial charge is 0.327 e. The molecule has 5 nitrogen and oxygen atoms in total. The van der Waals surface area contributed by atoms with Gasteiger partial charge in [0.15, 0.2) is 0 Å². The molecule has 0 aromatic carbocycles. The molecule has 17 heavy (non-hydrogen) atoms. The van der Waals surface area contributed by atoms with E-state index >= 15 is 0 Å². The lowest BCUT2D eigenvalue weighted by atomic mass is 9.96. The molecule has 0 bridgehead atoms. The predicted molar refractivity (Wildman–Crippen MR) is 64.4 cm³/mol. The van der Waals surface area contributed by atoms with E-state index in [2.05, 4.69) is 10.1 Å². The zero-order chi connectivity index (χ0) is 12.4. The zero-order valence-corrected chi connectivity index (χ0v) is 10.5. The number of hydrogen-bond acceptors (Lipinski definition) is 4. The molecule has 1 heterocycles. The molecule has 1 fully saturated rings. The molecular formula is C12H20N4O. The van der Waals surface area contributed by atoms with Crippen LogP contribution in [0, 0.1) is 5.92 Å². The molecule has 2 N–H and O–H groups in total. The van der Waals surface area contributed by atoms with Crippen LogP contribution in [0.4, 0.5) is 0 Å². The average molecular weight is 236 g/mol. The van der Waals surface area contributed by atoms with Gasteiger partial charge in [0, 0.05) is 18.0 Å². The van der Waals surface area contributed by atoms with Gasteiger partial charge in [-0.05, 0) is 26.7 Å². The van der Waals surface area contributed by atoms with Crippen LogP contribution in [-0.4, -0.2) is 26.6 Å². The van der Waals surface area contributed by atoms with Crippen LogP contribution in [0.2, 0.25) is 0 Å². The number of carbonyl (C=O) groups excluding carboxylic acids is 1. The van der Waals surface area contributed by atoms with Crippen molar-refractivity contribution in [2.75, 3.05) is 0 Å². The standard InChI is InChI=1S/C12H20N4O/c1-8(2)16-12(14-7-15-16)6-11(17)9-4-3-5-10(9)13/h7-10H,3-6,13H2,1-2H3. The molecule has 94 valence electrons. The van der Waals surface area contributed by atoms with E-state index in [1.165, 1.54) is 6.33 Å². The van der Waals surface area contributed by atoms with Crippen LogP contribution in [0.5, 0.6) is 0 Å². The van der Waals surface area contributed by atoms with Gasteiger partial charge in [-0.1, -0.05) is 6.42 Å². The highest BCUT2D eigenvalue weighted by atomic mass is 16.1. The maximum Gasteiger partial charge on any atom is 0.145 e. The second kappa shape index (κ2) is 4.96. The van der Waals surface area contributed by atoms with Crippen molar-refractivity contribution in [2.45, 2.75) is 51.6 Å². The Balaban J connectivity index is 2.05. The van der Waals surface area contributed by atoms with Crippen molar-refractivity contribution in [3.05, 3.63) is 12.2 Å². The van der Waals surface area contributed by atoms with E-state index < -0.39 is 0 Å². The fourth-order valence-corrected chi connectivity index (χ4v) is 2.51. The number of aromatic nitrogens is 3. The Kier molecular flexibility index (Phi) is 3.57. The summed E-state index contributed by atoms with van der Waals surface area (Å²) in [6, 6.07) is 0.274. The van der Waals surface area contributed by atoms with E-state index in [1.54, 1.807) is 4.68 Å². The van der Waals surface area contributed by atoms with Gasteiger partial charge in [0.05, 0.1) is 6.42 Å². The SMILES string of the molecule is CC(C)n1ncnc1CC(=O)C1CCCC1N. The van der Waals surface area contributed by atoms with Crippen molar-refractivity contribution in [3.63, 3.8) is 0 Å². The summed E-state index contributed by atoms with van der Waals surface area (Å²) in [5.74, 6) is 0.987. The molecule has 2 unspecified atom stereocenters. The highest BCUT2D eigenvalue weighted by Crippen LogP contribution is 2.25. The van der Waals surface area contributed by atoms with Crippen LogP contribution in [0.15, 0.2) is 6.33 Å². The molecule has 0 spiro atoms. The normalized spacial score (nSPS) is 24.5. The lowest BCUT2D eigenvalue weighted by Crippen LogP contribution is -2.32. The first kappa shape index (κ1) is 12.2. The summed E-state index contributed by atoms with van der Waals surface area (Å²) in [5.41, 5.74) is 5.94. The molecule has 0 amide bonds. The van der Waals surface area contributed by atoms with Gasteiger partial charge < -0.3 is 5.73 Å². The summed E-state index contributed by atoms with van der Waals surface area (Å²) < 4.78 is 1.80. The monoisotopic (exact) mass is 236 g/mol. The highest BCUT2D eigenvalue weighted by molar-refractivity contribution is 5.83. The van der Waals surface area contributed by atoms with Crippen LogP contribution in [0.1, 0.15) is 45.0 Å². The molecule has 2 rings (SSSR count). The summed E-state index contributed by atoms with van der Waals surface area (Å²) in [7, 11) is 0. The minimum Gasteiger partial charge on any atom is -0.327 e. The predicted octanol–water partition coefficient (Wildman–Crippen LogP) is 1.10. The topological polar surface area (TPSA) is 73.8 Å². The summed E-state index contributed by atoms with van der Waals surface area (Å²) >= 11 is 0. The second-order valence-corrected chi connectivity index (χ2v) is 5.06. The van der Waals surface area contributed by atoms with Crippen molar-refractivity contribution >= 4 is 5.78 Å². The molecule has 1 saturated carbocycles. The fourth-order valence-electron chi connectivity index (χ4n) is 2.51. The first-order valence-corrected chi connectivity index (χ1v) is 6.26. The van der Waals surface area contributed by atoms with Gasteiger partial charge in [0.1, 0.15) is 17.9 Å². The van der Waals surface area contributed by atoms with Gasteiger partial charge in [-0.25, -0.2) is 9.67 Å². The smallest absolute Gasteiger partial charge is 0.145 e. The van der Waals surface area contributed by atoms with Crippen LogP contribution < -0.4 is 5.73 Å². The third kappa shape index (κ3) is 2.54. The van der Waals surface area contributed by atoms with E-state index in [4.69, 9.17) is 5.73 Å². The van der Waals surface area contributed by atoms with E-state index in [1.807, 2.05) is 13.8 Å². The van der Waals surface area contributed by atoms with E-state index in [-0.39, 0.29) is 23.8 Å². The molecule has 0 saturated heterocycles. The van der Waals surface area contributed by atoms with Crippen molar-refractivity contribution in [1.29, 1.82) is 0 Å². The zero-order valence-electron chi connectivity index (χ0n) is 10.5. The van der Waals surface area contributed by atoms with Gasteiger partial charge in [-0.15, -0.1) is 0 Å². The van der Waals surface area contributed by atoms with Crippen LogP contribution >= 0.6 is 0 Å². The molecule has 0 aliphatic heterocycles. The molecule has 1 aromatic rings. The third-order valence-electron chi connectivity index (χ3n) is 3.45. The van der Waals surface area contributed by atoms with Crippen molar-refractivity contribution in [3.8, 4) is 0 Å².